The summed E-state index contributed by atoms with van der Waals surface area (Å²) in [5.41, 5.74) is -0.338. The van der Waals surface area contributed by atoms with Crippen LogP contribution in [0.25, 0.3) is 0 Å². The Morgan fingerprint density at radius 3 is 2.43 bits per heavy atom. The molecule has 0 spiro atoms. The normalized spacial score (nSPS) is 20.8. The molecule has 0 atom stereocenters. The molecule has 0 saturated heterocycles. The molecule has 4 nitrogen and oxygen atoms in total. The highest BCUT2D eigenvalue weighted by atomic mass is 16.6. The summed E-state index contributed by atoms with van der Waals surface area (Å²) in [6.07, 6.45) is 16.6. The van der Waals surface area contributed by atoms with Gasteiger partial charge in [-0.3, -0.25) is 4.79 Å². The zero-order valence-electron chi connectivity index (χ0n) is 12.5. The minimum atomic E-state index is -0.749. The van der Waals surface area contributed by atoms with Crippen LogP contribution in [0.5, 0.6) is 0 Å². The minimum Gasteiger partial charge on any atom is -0.443 e. The van der Waals surface area contributed by atoms with Gasteiger partial charge in [0.1, 0.15) is 5.60 Å². The first kappa shape index (κ1) is 16.5. The number of allylic oxidation sites excluding steroid dienone is 6. The van der Waals surface area contributed by atoms with E-state index in [0.29, 0.717) is 5.57 Å². The number of hydrogen-bond acceptors (Lipinski definition) is 3. The highest BCUT2D eigenvalue weighted by Gasteiger charge is 2.27. The molecule has 0 radical (unpaired) electrons. The fraction of sp³-hybridized carbons (Fsp3) is 0.294. The summed E-state index contributed by atoms with van der Waals surface area (Å²) in [5, 5.41) is 0. The van der Waals surface area contributed by atoms with Crippen molar-refractivity contribution in [3.63, 3.8) is 0 Å². The minimum absolute atomic E-state index is 0.140. The molecule has 4 heteroatoms. The molecular weight excluding hydrogens is 266 g/mol. The van der Waals surface area contributed by atoms with Gasteiger partial charge in [-0.25, -0.2) is 9.69 Å². The number of nitrogens with zero attached hydrogens (tertiary/aromatic N) is 1. The van der Waals surface area contributed by atoms with Crippen LogP contribution < -0.4 is 0 Å². The van der Waals surface area contributed by atoms with Crippen LogP contribution in [0.1, 0.15) is 20.8 Å². The monoisotopic (exact) mass is 285 g/mol. The van der Waals surface area contributed by atoms with Gasteiger partial charge >= 0.3 is 6.09 Å². The molecule has 0 heterocycles. The summed E-state index contributed by atoms with van der Waals surface area (Å²) in [6, 6.07) is 0. The molecule has 1 rings (SSSR count). The van der Waals surface area contributed by atoms with Crippen molar-refractivity contribution in [2.24, 2.45) is 0 Å². The van der Waals surface area contributed by atoms with Crippen molar-refractivity contribution in [2.75, 3.05) is 6.54 Å². The van der Waals surface area contributed by atoms with E-state index in [9.17, 15) is 9.59 Å². The van der Waals surface area contributed by atoms with Crippen LogP contribution in [0, 0.1) is 12.3 Å². The molecule has 0 aromatic carbocycles. The van der Waals surface area contributed by atoms with Crippen molar-refractivity contribution >= 4 is 12.0 Å². The average Bonchev–Trinajstić information content (AvgIpc) is 2.32. The van der Waals surface area contributed by atoms with Crippen molar-refractivity contribution in [3.05, 3.63) is 48.1 Å². The van der Waals surface area contributed by atoms with E-state index < -0.39 is 17.6 Å². The third-order valence-corrected chi connectivity index (χ3v) is 2.35. The van der Waals surface area contributed by atoms with Gasteiger partial charge in [-0.1, -0.05) is 36.3 Å². The number of amides is 2. The van der Waals surface area contributed by atoms with E-state index in [2.05, 4.69) is 5.92 Å². The number of imide groups is 1. The van der Waals surface area contributed by atoms with Crippen molar-refractivity contribution in [1.29, 1.82) is 0 Å². The van der Waals surface area contributed by atoms with Gasteiger partial charge in [-0.15, -0.1) is 6.42 Å². The van der Waals surface area contributed by atoms with Gasteiger partial charge in [0.05, 0.1) is 6.54 Å². The summed E-state index contributed by atoms with van der Waals surface area (Å²) >= 11 is 0. The first-order valence-electron chi connectivity index (χ1n) is 6.55. The number of terminal acetylenes is 1. The number of hydrogen-bond donors (Lipinski definition) is 0. The Kier molecular flexibility index (Phi) is 5.74. The second-order valence-corrected chi connectivity index (χ2v) is 5.33. The van der Waals surface area contributed by atoms with E-state index >= 15 is 0 Å². The Bertz CT molecular complexity index is 566. The van der Waals surface area contributed by atoms with E-state index in [1.807, 2.05) is 6.08 Å². The lowest BCUT2D eigenvalue weighted by Crippen LogP contribution is -2.41. The summed E-state index contributed by atoms with van der Waals surface area (Å²) < 4.78 is 5.21. The van der Waals surface area contributed by atoms with Crippen LogP contribution in [0.3, 0.4) is 0 Å². The van der Waals surface area contributed by atoms with Crippen molar-refractivity contribution < 1.29 is 14.3 Å². The van der Waals surface area contributed by atoms with Crippen molar-refractivity contribution in [2.45, 2.75) is 26.4 Å². The first-order chi connectivity index (χ1) is 9.85. The maximum Gasteiger partial charge on any atom is 0.418 e. The molecule has 0 saturated carbocycles. The van der Waals surface area contributed by atoms with Crippen LogP contribution in [-0.2, 0) is 9.53 Å². The number of rotatable bonds is 2. The van der Waals surface area contributed by atoms with Gasteiger partial charge in [0.25, 0.3) is 5.91 Å². The van der Waals surface area contributed by atoms with Crippen molar-refractivity contribution in [1.82, 2.24) is 4.90 Å². The third kappa shape index (κ3) is 5.53. The highest BCUT2D eigenvalue weighted by Crippen LogP contribution is 2.13. The van der Waals surface area contributed by atoms with Crippen molar-refractivity contribution in [3.8, 4) is 12.3 Å². The van der Waals surface area contributed by atoms with Crippen LogP contribution in [0.4, 0.5) is 4.79 Å². The third-order valence-electron chi connectivity index (χ3n) is 2.35. The zero-order valence-corrected chi connectivity index (χ0v) is 12.5. The Morgan fingerprint density at radius 1 is 1.19 bits per heavy atom. The van der Waals surface area contributed by atoms with E-state index in [0.717, 1.165) is 4.90 Å². The van der Waals surface area contributed by atoms with Crippen LogP contribution in [0.15, 0.2) is 48.1 Å². The smallest absolute Gasteiger partial charge is 0.418 e. The Balaban J connectivity index is 2.97. The molecule has 0 unspecified atom stereocenters. The summed E-state index contributed by atoms with van der Waals surface area (Å²) in [7, 11) is 0. The largest absolute Gasteiger partial charge is 0.443 e. The standard InChI is InChI=1S/C17H19NO3/c1-5-13-18(16(20)21-17(2,3)4)15(19)14-11-9-7-6-8-10-12-14/h1,6-12H,13H2,2-4H3/b7-6-,8-6?,9-7?,10-8-,11-9-,12-10?,14-11?,14-12+. The second kappa shape index (κ2) is 7.30. The van der Waals surface area contributed by atoms with Crippen LogP contribution >= 0.6 is 0 Å². The van der Waals surface area contributed by atoms with Gasteiger partial charge in [0.2, 0.25) is 0 Å². The second-order valence-electron chi connectivity index (χ2n) is 5.33. The van der Waals surface area contributed by atoms with Gasteiger partial charge in [0, 0.05) is 5.57 Å². The van der Waals surface area contributed by atoms with Gasteiger partial charge in [-0.05, 0) is 32.9 Å². The first-order valence-corrected chi connectivity index (χ1v) is 6.55. The SMILES string of the molecule is C#CCN(C(=O)OC(C)(C)C)C(=O)C1=C/C=C\C=C/C=C\1. The molecule has 1 aliphatic rings. The van der Waals surface area contributed by atoms with E-state index in [1.54, 1.807) is 57.2 Å². The molecule has 2 amide bonds. The molecule has 21 heavy (non-hydrogen) atoms. The Labute approximate surface area is 125 Å². The van der Waals surface area contributed by atoms with E-state index in [4.69, 9.17) is 11.2 Å². The molecule has 0 bridgehead atoms. The van der Waals surface area contributed by atoms with Gasteiger partial charge in [-0.2, -0.15) is 0 Å². The fourth-order valence-electron chi connectivity index (χ4n) is 1.49. The summed E-state index contributed by atoms with van der Waals surface area (Å²) in [5.74, 6) is 1.82. The lowest BCUT2D eigenvalue weighted by Gasteiger charge is -2.25. The lowest BCUT2D eigenvalue weighted by atomic mass is 10.1. The van der Waals surface area contributed by atoms with Crippen LogP contribution in [0.2, 0.25) is 0 Å². The van der Waals surface area contributed by atoms with E-state index in [-0.39, 0.29) is 6.54 Å². The van der Waals surface area contributed by atoms with Gasteiger partial charge in [0.15, 0.2) is 0 Å². The molecule has 0 aliphatic heterocycles. The molecule has 110 valence electrons. The quantitative estimate of drug-likeness (QED) is 0.733. The maximum atomic E-state index is 12.4. The summed E-state index contributed by atoms with van der Waals surface area (Å²) in [6.45, 7) is 5.04. The molecule has 1 aliphatic carbocycles. The predicted molar refractivity (Wildman–Crippen MR) is 82.3 cm³/mol. The zero-order chi connectivity index (χ0) is 15.9. The molecular formula is C17H19NO3. The van der Waals surface area contributed by atoms with E-state index in [1.165, 1.54) is 0 Å². The molecule has 0 fully saturated rings. The number of carbonyl (C=O) groups is 2. The topological polar surface area (TPSA) is 46.6 Å². The van der Waals surface area contributed by atoms with Gasteiger partial charge < -0.3 is 4.74 Å². The van der Waals surface area contributed by atoms with Crippen LogP contribution in [-0.4, -0.2) is 29.0 Å². The Morgan fingerprint density at radius 2 is 1.81 bits per heavy atom. The summed E-state index contributed by atoms with van der Waals surface area (Å²) in [4.78, 5) is 25.4. The molecule has 0 N–H and O–H groups in total. The predicted octanol–water partition coefficient (Wildman–Crippen LogP) is 2.99. The number of ether oxygens (including phenoxy) is 1. The molecule has 0 aromatic heterocycles. The number of carbonyl (C=O) groups excluding carboxylic acids is 2. The lowest BCUT2D eigenvalue weighted by molar-refractivity contribution is -0.125. The molecule has 0 aromatic rings. The fourth-order valence-corrected chi connectivity index (χ4v) is 1.49. The highest BCUT2D eigenvalue weighted by molar-refractivity contribution is 6.04. The maximum absolute atomic E-state index is 12.4. The average molecular weight is 285 g/mol. The Hall–Kier alpha value is -2.54.